The van der Waals surface area contributed by atoms with Crippen LogP contribution in [-0.4, -0.2) is 27.2 Å². The molecule has 1 rings (SSSR count). The number of ketones is 1. The highest BCUT2D eigenvalue weighted by Crippen LogP contribution is 2.14. The summed E-state index contributed by atoms with van der Waals surface area (Å²) in [5, 5.41) is 0. The Kier molecular flexibility index (Phi) is 4.06. The summed E-state index contributed by atoms with van der Waals surface area (Å²) in [5.74, 6) is -0.889. The molecule has 0 heterocycles. The zero-order chi connectivity index (χ0) is 13.1. The van der Waals surface area contributed by atoms with E-state index in [4.69, 9.17) is 9.16 Å². The molecule has 0 spiro atoms. The number of carbonyl (C=O) groups is 2. The van der Waals surface area contributed by atoms with Crippen molar-refractivity contribution >= 4 is 20.1 Å². The van der Waals surface area contributed by atoms with Gasteiger partial charge in [0, 0.05) is 5.56 Å². The Hall–Kier alpha value is -1.62. The minimum atomic E-state index is -2.04. The number of carbonyl (C=O) groups excluding carboxylic acids is 2. The first-order chi connectivity index (χ1) is 7.83. The summed E-state index contributed by atoms with van der Waals surface area (Å²) in [4.78, 5) is 23.4. The maximum absolute atomic E-state index is 11.8. The maximum atomic E-state index is 11.8. The fraction of sp³-hybridized carbons (Fsp3) is 0.333. The molecule has 0 radical (unpaired) electrons. The van der Waals surface area contributed by atoms with Gasteiger partial charge in [-0.05, 0) is 31.8 Å². The molecule has 0 aromatic heterocycles. The summed E-state index contributed by atoms with van der Waals surface area (Å²) < 4.78 is 10.1. The fourth-order valence-corrected chi connectivity index (χ4v) is 1.86. The average molecular weight is 252 g/mol. The van der Waals surface area contributed by atoms with Gasteiger partial charge >= 0.3 is 5.97 Å². The number of hydrogen-bond acceptors (Lipinski definition) is 4. The summed E-state index contributed by atoms with van der Waals surface area (Å²) in [5.41, 5.74) is 0.285. The monoisotopic (exact) mass is 252 g/mol. The lowest BCUT2D eigenvalue weighted by molar-refractivity contribution is -0.130. The topological polar surface area (TPSA) is 52.6 Å². The molecule has 0 unspecified atom stereocenters. The first-order valence-corrected chi connectivity index (χ1v) is 8.66. The van der Waals surface area contributed by atoms with Gasteiger partial charge in [0.05, 0.1) is 7.11 Å². The summed E-state index contributed by atoms with van der Waals surface area (Å²) in [6.45, 7) is 5.55. The standard InChI is InChI=1S/C12H16O4Si/c1-15-10-7-5-6-9(8-10)11(13)12(14)16-17(2,3)4/h5-8H,1-4H3. The van der Waals surface area contributed by atoms with E-state index >= 15 is 0 Å². The van der Waals surface area contributed by atoms with Crippen LogP contribution < -0.4 is 4.74 Å². The van der Waals surface area contributed by atoms with Crippen molar-refractivity contribution in [1.29, 1.82) is 0 Å². The van der Waals surface area contributed by atoms with Crippen LogP contribution >= 0.6 is 0 Å². The summed E-state index contributed by atoms with van der Waals surface area (Å²) in [7, 11) is -0.536. The van der Waals surface area contributed by atoms with Crippen LogP contribution in [0.4, 0.5) is 0 Å². The van der Waals surface area contributed by atoms with Crippen LogP contribution in [0.5, 0.6) is 5.75 Å². The van der Waals surface area contributed by atoms with Crippen molar-refractivity contribution in [2.45, 2.75) is 19.6 Å². The molecule has 0 amide bonds. The van der Waals surface area contributed by atoms with E-state index in [1.54, 1.807) is 18.2 Å². The van der Waals surface area contributed by atoms with Gasteiger partial charge in [-0.15, -0.1) is 0 Å². The predicted octanol–water partition coefficient (Wildman–Crippen LogP) is 2.26. The average Bonchev–Trinajstić information content (AvgIpc) is 2.26. The zero-order valence-electron chi connectivity index (χ0n) is 10.4. The van der Waals surface area contributed by atoms with Gasteiger partial charge in [-0.1, -0.05) is 12.1 Å². The Morgan fingerprint density at radius 2 is 1.82 bits per heavy atom. The molecule has 0 N–H and O–H groups in total. The van der Waals surface area contributed by atoms with Crippen LogP contribution in [-0.2, 0) is 9.22 Å². The second kappa shape index (κ2) is 5.14. The van der Waals surface area contributed by atoms with Crippen LogP contribution in [0.25, 0.3) is 0 Å². The van der Waals surface area contributed by atoms with Gasteiger partial charge in [0.2, 0.25) is 8.32 Å². The second-order valence-electron chi connectivity index (χ2n) is 4.56. The zero-order valence-corrected chi connectivity index (χ0v) is 11.4. The van der Waals surface area contributed by atoms with Crippen LogP contribution in [0.15, 0.2) is 24.3 Å². The van der Waals surface area contributed by atoms with Gasteiger partial charge < -0.3 is 9.16 Å². The fourth-order valence-electron chi connectivity index (χ4n) is 1.21. The summed E-state index contributed by atoms with van der Waals surface area (Å²) in [6.07, 6.45) is 0. The van der Waals surface area contributed by atoms with Crippen LogP contribution in [0, 0.1) is 0 Å². The molecule has 92 valence electrons. The van der Waals surface area contributed by atoms with Crippen molar-refractivity contribution in [3.8, 4) is 5.75 Å². The number of hydrogen-bond donors (Lipinski definition) is 0. The molecular weight excluding hydrogens is 236 g/mol. The summed E-state index contributed by atoms with van der Waals surface area (Å²) in [6, 6.07) is 6.46. The van der Waals surface area contributed by atoms with Crippen molar-refractivity contribution < 1.29 is 18.8 Å². The van der Waals surface area contributed by atoms with Gasteiger partial charge in [-0.2, -0.15) is 0 Å². The minimum Gasteiger partial charge on any atom is -0.514 e. The lowest BCUT2D eigenvalue weighted by atomic mass is 10.1. The molecule has 0 atom stereocenters. The quantitative estimate of drug-likeness (QED) is 0.468. The number of methoxy groups -OCH3 is 1. The highest BCUT2D eigenvalue weighted by Gasteiger charge is 2.25. The number of ether oxygens (including phenoxy) is 1. The molecule has 1 aromatic rings. The van der Waals surface area contributed by atoms with Gasteiger partial charge in [0.1, 0.15) is 5.75 Å². The van der Waals surface area contributed by atoms with Gasteiger partial charge in [-0.25, -0.2) is 4.79 Å². The Morgan fingerprint density at radius 3 is 2.35 bits per heavy atom. The van der Waals surface area contributed by atoms with E-state index in [1.807, 2.05) is 19.6 Å². The van der Waals surface area contributed by atoms with Crippen LogP contribution in [0.2, 0.25) is 19.6 Å². The molecular formula is C12H16O4Si. The molecule has 0 aliphatic carbocycles. The molecule has 0 fully saturated rings. The number of rotatable bonds is 4. The van der Waals surface area contributed by atoms with Crippen LogP contribution in [0.1, 0.15) is 10.4 Å². The smallest absolute Gasteiger partial charge is 0.366 e. The molecule has 0 saturated heterocycles. The van der Waals surface area contributed by atoms with E-state index in [2.05, 4.69) is 0 Å². The van der Waals surface area contributed by atoms with Crippen LogP contribution in [0.3, 0.4) is 0 Å². The van der Waals surface area contributed by atoms with Crippen molar-refractivity contribution in [2.75, 3.05) is 7.11 Å². The third-order valence-corrected chi connectivity index (χ3v) is 2.71. The van der Waals surface area contributed by atoms with Gasteiger partial charge in [-0.3, -0.25) is 4.79 Å². The second-order valence-corrected chi connectivity index (χ2v) is 8.99. The van der Waals surface area contributed by atoms with Gasteiger partial charge in [0.15, 0.2) is 0 Å². The highest BCUT2D eigenvalue weighted by molar-refractivity contribution is 6.72. The molecule has 17 heavy (non-hydrogen) atoms. The Balaban J connectivity index is 2.85. The Morgan fingerprint density at radius 1 is 1.18 bits per heavy atom. The lowest BCUT2D eigenvalue weighted by Crippen LogP contribution is -2.33. The molecule has 0 bridgehead atoms. The maximum Gasteiger partial charge on any atom is 0.366 e. The number of benzene rings is 1. The van der Waals surface area contributed by atoms with Crippen molar-refractivity contribution in [3.05, 3.63) is 29.8 Å². The van der Waals surface area contributed by atoms with Gasteiger partial charge in [0.25, 0.3) is 5.78 Å². The molecule has 4 nitrogen and oxygen atoms in total. The SMILES string of the molecule is COc1cccc(C(=O)C(=O)O[Si](C)(C)C)c1. The minimum absolute atomic E-state index is 0.285. The van der Waals surface area contributed by atoms with E-state index < -0.39 is 20.1 Å². The van der Waals surface area contributed by atoms with E-state index in [0.717, 1.165) is 0 Å². The lowest BCUT2D eigenvalue weighted by Gasteiger charge is -2.16. The Bertz CT molecular complexity index is 434. The van der Waals surface area contributed by atoms with E-state index in [-0.39, 0.29) is 5.56 Å². The number of Topliss-reactive ketones (excluding diaryl/α,β-unsaturated/α-hetero) is 1. The highest BCUT2D eigenvalue weighted by atomic mass is 28.4. The largest absolute Gasteiger partial charge is 0.514 e. The predicted molar refractivity (Wildman–Crippen MR) is 66.8 cm³/mol. The first kappa shape index (κ1) is 13.4. The van der Waals surface area contributed by atoms with E-state index in [1.165, 1.54) is 13.2 Å². The third-order valence-electron chi connectivity index (χ3n) is 1.92. The van der Waals surface area contributed by atoms with E-state index in [0.29, 0.717) is 5.75 Å². The third kappa shape index (κ3) is 4.03. The normalized spacial score (nSPS) is 10.8. The van der Waals surface area contributed by atoms with E-state index in [9.17, 15) is 9.59 Å². The molecule has 0 aliphatic rings. The van der Waals surface area contributed by atoms with Crippen molar-refractivity contribution in [2.24, 2.45) is 0 Å². The molecule has 1 aromatic carbocycles. The first-order valence-electron chi connectivity index (χ1n) is 5.25. The van der Waals surface area contributed by atoms with Crippen molar-refractivity contribution in [3.63, 3.8) is 0 Å². The molecule has 0 aliphatic heterocycles. The molecule has 0 saturated carbocycles. The molecule has 5 heteroatoms. The van der Waals surface area contributed by atoms with Crippen molar-refractivity contribution in [1.82, 2.24) is 0 Å². The summed E-state index contributed by atoms with van der Waals surface area (Å²) >= 11 is 0. The Labute approximate surface area is 102 Å².